The Morgan fingerprint density at radius 1 is 1.00 bits per heavy atom. The number of phenols is 1. The van der Waals surface area contributed by atoms with Crippen LogP contribution < -0.4 is 0 Å². The largest absolute Gasteiger partial charge is 0.507 e. The zero-order valence-corrected chi connectivity index (χ0v) is 12.8. The number of benzene rings is 2. The van der Waals surface area contributed by atoms with Crippen molar-refractivity contribution in [1.82, 2.24) is 0 Å². The van der Waals surface area contributed by atoms with Gasteiger partial charge in [0.1, 0.15) is 5.75 Å². The number of aromatic hydroxyl groups is 1. The van der Waals surface area contributed by atoms with E-state index >= 15 is 0 Å². The lowest BCUT2D eigenvalue weighted by atomic mass is 9.78. The second-order valence-corrected chi connectivity index (χ2v) is 6.09. The fourth-order valence-electron chi connectivity index (χ4n) is 3.63. The maximum Gasteiger partial charge on any atom is 0.124 e. The summed E-state index contributed by atoms with van der Waals surface area (Å²) in [5.41, 5.74) is 6.30. The van der Waals surface area contributed by atoms with Crippen molar-refractivity contribution in [2.75, 3.05) is 0 Å². The highest BCUT2D eigenvalue weighted by molar-refractivity contribution is 6.01. The van der Waals surface area contributed by atoms with Gasteiger partial charge in [-0.3, -0.25) is 0 Å². The predicted molar refractivity (Wildman–Crippen MR) is 92.8 cm³/mol. The summed E-state index contributed by atoms with van der Waals surface area (Å²) in [7, 11) is 0. The van der Waals surface area contributed by atoms with Gasteiger partial charge in [-0.05, 0) is 53.1 Å². The molecule has 1 heteroatoms. The van der Waals surface area contributed by atoms with Gasteiger partial charge in [0.05, 0.1) is 0 Å². The van der Waals surface area contributed by atoms with Crippen LogP contribution in [0.2, 0.25) is 0 Å². The number of aryl methyl sites for hydroxylation is 1. The molecule has 0 bridgehead atoms. The first-order valence-electron chi connectivity index (χ1n) is 7.66. The predicted octanol–water partition coefficient (Wildman–Crippen LogP) is 5.31. The summed E-state index contributed by atoms with van der Waals surface area (Å²) in [6, 6.07) is 9.98. The van der Waals surface area contributed by atoms with Gasteiger partial charge in [0.2, 0.25) is 0 Å². The summed E-state index contributed by atoms with van der Waals surface area (Å²) in [5, 5.41) is 12.5. The van der Waals surface area contributed by atoms with E-state index in [0.717, 1.165) is 10.8 Å². The van der Waals surface area contributed by atoms with E-state index in [4.69, 9.17) is 0 Å². The molecule has 108 valence electrons. The van der Waals surface area contributed by atoms with Gasteiger partial charge in [0, 0.05) is 11.3 Å². The minimum absolute atomic E-state index is 0.300. The van der Waals surface area contributed by atoms with Crippen LogP contribution in [0, 0.1) is 12.8 Å². The minimum atomic E-state index is 0.300. The normalized spacial score (nSPS) is 19.7. The first kappa shape index (κ1) is 13.1. The topological polar surface area (TPSA) is 20.2 Å². The van der Waals surface area contributed by atoms with Crippen LogP contribution in [-0.4, -0.2) is 5.11 Å². The second-order valence-electron chi connectivity index (χ2n) is 6.09. The molecule has 0 aromatic heterocycles. The van der Waals surface area contributed by atoms with Gasteiger partial charge in [-0.25, -0.2) is 0 Å². The van der Waals surface area contributed by atoms with Gasteiger partial charge >= 0.3 is 0 Å². The molecule has 0 heterocycles. The molecule has 0 saturated heterocycles. The molecule has 2 aromatic carbocycles. The maximum atomic E-state index is 10.5. The molecule has 1 N–H and O–H groups in total. The van der Waals surface area contributed by atoms with Crippen molar-refractivity contribution in [2.45, 2.75) is 13.8 Å². The van der Waals surface area contributed by atoms with Gasteiger partial charge in [-0.15, -0.1) is 0 Å². The van der Waals surface area contributed by atoms with Gasteiger partial charge in [-0.1, -0.05) is 54.6 Å². The Morgan fingerprint density at radius 3 is 2.73 bits per heavy atom. The number of hydrogen-bond donors (Lipinski definition) is 1. The molecule has 0 aliphatic heterocycles. The van der Waals surface area contributed by atoms with Crippen LogP contribution in [0.15, 0.2) is 71.9 Å². The van der Waals surface area contributed by atoms with E-state index in [-0.39, 0.29) is 0 Å². The van der Waals surface area contributed by atoms with E-state index in [1.165, 1.54) is 27.8 Å². The smallest absolute Gasteiger partial charge is 0.124 e. The van der Waals surface area contributed by atoms with E-state index in [2.05, 4.69) is 62.4 Å². The van der Waals surface area contributed by atoms with Crippen LogP contribution in [0.1, 0.15) is 18.1 Å². The number of phenolic OH excluding ortho intramolecular Hbond substituents is 1. The molecule has 22 heavy (non-hydrogen) atoms. The zero-order valence-electron chi connectivity index (χ0n) is 12.8. The highest BCUT2D eigenvalue weighted by Gasteiger charge is 2.26. The summed E-state index contributed by atoms with van der Waals surface area (Å²) < 4.78 is 0. The monoisotopic (exact) mass is 286 g/mol. The average molecular weight is 286 g/mol. The molecule has 0 radical (unpaired) electrons. The molecule has 0 saturated carbocycles. The van der Waals surface area contributed by atoms with E-state index in [9.17, 15) is 5.11 Å². The lowest BCUT2D eigenvalue weighted by molar-refractivity contribution is 0.481. The fourth-order valence-corrected chi connectivity index (χ4v) is 3.63. The summed E-state index contributed by atoms with van der Waals surface area (Å²) >= 11 is 0. The van der Waals surface area contributed by atoms with Crippen LogP contribution in [0.5, 0.6) is 5.75 Å². The Hall–Kier alpha value is -2.54. The van der Waals surface area contributed by atoms with E-state index < -0.39 is 0 Å². The minimum Gasteiger partial charge on any atom is -0.507 e. The Morgan fingerprint density at radius 2 is 1.86 bits per heavy atom. The third-order valence-corrected chi connectivity index (χ3v) is 4.71. The molecule has 0 fully saturated rings. The Balaban J connectivity index is 2.10. The molecule has 2 aliphatic carbocycles. The number of rotatable bonds is 1. The average Bonchev–Trinajstić information content (AvgIpc) is 2.97. The molecular weight excluding hydrogens is 268 g/mol. The van der Waals surface area contributed by atoms with Crippen LogP contribution in [0.3, 0.4) is 0 Å². The van der Waals surface area contributed by atoms with Crippen LogP contribution in [-0.2, 0) is 0 Å². The van der Waals surface area contributed by atoms with Crippen molar-refractivity contribution in [3.63, 3.8) is 0 Å². The van der Waals surface area contributed by atoms with Crippen molar-refractivity contribution >= 4 is 16.3 Å². The van der Waals surface area contributed by atoms with E-state index in [1.54, 1.807) is 6.07 Å². The van der Waals surface area contributed by atoms with Crippen molar-refractivity contribution < 1.29 is 5.11 Å². The number of fused-ring (bicyclic) bond motifs is 2. The Bertz CT molecular complexity index is 907. The van der Waals surface area contributed by atoms with Gasteiger partial charge < -0.3 is 5.11 Å². The third-order valence-electron chi connectivity index (χ3n) is 4.71. The van der Waals surface area contributed by atoms with Crippen molar-refractivity contribution in [3.05, 3.63) is 83.0 Å². The van der Waals surface area contributed by atoms with Crippen LogP contribution >= 0.6 is 0 Å². The third kappa shape index (κ3) is 1.79. The van der Waals surface area contributed by atoms with E-state index in [0.29, 0.717) is 11.7 Å². The van der Waals surface area contributed by atoms with E-state index in [1.807, 2.05) is 6.07 Å². The molecule has 1 unspecified atom stereocenters. The zero-order chi connectivity index (χ0) is 15.3. The quantitative estimate of drug-likeness (QED) is 0.753. The lowest BCUT2D eigenvalue weighted by Gasteiger charge is -2.25. The first-order valence-corrected chi connectivity index (χ1v) is 7.66. The molecule has 4 rings (SSSR count). The number of hydrogen-bond acceptors (Lipinski definition) is 1. The molecule has 1 atom stereocenters. The Labute approximate surface area is 130 Å². The highest BCUT2D eigenvalue weighted by atomic mass is 16.3. The standard InChI is InChI=1S/C21H18O/c1-13-9-11-15-5-3-7-17(15)19(13)20-14(2)10-12-16-6-4-8-18(22)21(16)20/h3-12,17,22H,1-2H3. The summed E-state index contributed by atoms with van der Waals surface area (Å²) in [4.78, 5) is 0. The van der Waals surface area contributed by atoms with Crippen LogP contribution in [0.25, 0.3) is 16.3 Å². The first-order chi connectivity index (χ1) is 10.7. The molecule has 0 spiro atoms. The van der Waals surface area contributed by atoms with Crippen molar-refractivity contribution in [1.29, 1.82) is 0 Å². The highest BCUT2D eigenvalue weighted by Crippen LogP contribution is 2.45. The summed E-state index contributed by atoms with van der Waals surface area (Å²) in [5.74, 6) is 0.660. The molecule has 2 aliphatic rings. The van der Waals surface area contributed by atoms with Crippen molar-refractivity contribution in [3.8, 4) is 5.75 Å². The fraction of sp³-hybridized carbons (Fsp3) is 0.143. The van der Waals surface area contributed by atoms with Gasteiger partial charge in [0.25, 0.3) is 0 Å². The SMILES string of the molecule is CC1=C(c2c(C)ccc3cccc(O)c23)C2C=CC=C2C=C1. The molecular formula is C21H18O. The molecule has 1 nitrogen and oxygen atoms in total. The van der Waals surface area contributed by atoms with Crippen molar-refractivity contribution in [2.24, 2.45) is 5.92 Å². The molecule has 2 aromatic rings. The summed E-state index contributed by atoms with van der Waals surface area (Å²) in [6.07, 6.45) is 10.9. The number of allylic oxidation sites excluding steroid dienone is 8. The van der Waals surface area contributed by atoms with Gasteiger partial charge in [-0.2, -0.15) is 0 Å². The Kier molecular flexibility index (Phi) is 2.83. The molecule has 0 amide bonds. The lowest BCUT2D eigenvalue weighted by Crippen LogP contribution is -2.08. The van der Waals surface area contributed by atoms with Gasteiger partial charge in [0.15, 0.2) is 0 Å². The maximum absolute atomic E-state index is 10.5. The summed E-state index contributed by atoms with van der Waals surface area (Å²) in [6.45, 7) is 4.29. The second kappa shape index (κ2) is 4.74. The van der Waals surface area contributed by atoms with Crippen LogP contribution in [0.4, 0.5) is 0 Å².